The van der Waals surface area contributed by atoms with Crippen molar-refractivity contribution in [2.24, 2.45) is 5.92 Å². The van der Waals surface area contributed by atoms with Crippen LogP contribution in [0.5, 0.6) is 0 Å². The number of morpholine rings is 1. The predicted octanol–water partition coefficient (Wildman–Crippen LogP) is 2.77. The van der Waals surface area contributed by atoms with E-state index in [1.165, 1.54) is 24.8 Å². The highest BCUT2D eigenvalue weighted by atomic mass is 16.5. The van der Waals surface area contributed by atoms with Crippen LogP contribution >= 0.6 is 0 Å². The van der Waals surface area contributed by atoms with Gasteiger partial charge in [-0.15, -0.1) is 0 Å². The van der Waals surface area contributed by atoms with Crippen LogP contribution in [0.15, 0.2) is 42.7 Å². The Balaban J connectivity index is 1.36. The van der Waals surface area contributed by atoms with Crippen molar-refractivity contribution in [1.82, 2.24) is 9.97 Å². The van der Waals surface area contributed by atoms with Crippen molar-refractivity contribution < 1.29 is 4.74 Å². The normalized spacial score (nSPS) is 19.2. The number of benzene rings is 1. The molecule has 0 N–H and O–H groups in total. The number of aromatic nitrogens is 2. The van der Waals surface area contributed by atoms with E-state index in [1.54, 1.807) is 6.33 Å². The largest absolute Gasteiger partial charge is 0.378 e. The van der Waals surface area contributed by atoms with Crippen molar-refractivity contribution in [3.05, 3.63) is 48.3 Å². The van der Waals surface area contributed by atoms with Crippen molar-refractivity contribution in [3.63, 3.8) is 0 Å². The molecular weight excluding hydrogens is 312 g/mol. The van der Waals surface area contributed by atoms with E-state index >= 15 is 0 Å². The molecule has 1 aromatic carbocycles. The summed E-state index contributed by atoms with van der Waals surface area (Å²) in [6, 6.07) is 13.0. The lowest BCUT2D eigenvalue weighted by Gasteiger charge is -2.34. The summed E-state index contributed by atoms with van der Waals surface area (Å²) in [4.78, 5) is 13.7. The molecule has 1 aromatic heterocycles. The third-order valence-corrected chi connectivity index (χ3v) is 5.28. The van der Waals surface area contributed by atoms with Crippen LogP contribution in [-0.2, 0) is 11.2 Å². The summed E-state index contributed by atoms with van der Waals surface area (Å²) < 4.78 is 5.43. The summed E-state index contributed by atoms with van der Waals surface area (Å²) >= 11 is 0. The fourth-order valence-corrected chi connectivity index (χ4v) is 3.79. The van der Waals surface area contributed by atoms with Crippen LogP contribution in [-0.4, -0.2) is 49.4 Å². The molecule has 0 radical (unpaired) electrons. The summed E-state index contributed by atoms with van der Waals surface area (Å²) in [5, 5.41) is 0. The zero-order chi connectivity index (χ0) is 16.9. The van der Waals surface area contributed by atoms with E-state index < -0.39 is 0 Å². The van der Waals surface area contributed by atoms with Gasteiger partial charge in [0.1, 0.15) is 18.0 Å². The molecule has 2 aliphatic rings. The van der Waals surface area contributed by atoms with E-state index in [0.29, 0.717) is 0 Å². The molecule has 0 bridgehead atoms. The molecule has 5 nitrogen and oxygen atoms in total. The number of ether oxygens (including phenoxy) is 1. The maximum atomic E-state index is 5.43. The van der Waals surface area contributed by atoms with Crippen LogP contribution in [0.2, 0.25) is 0 Å². The van der Waals surface area contributed by atoms with E-state index in [-0.39, 0.29) is 0 Å². The number of nitrogens with zero attached hydrogens (tertiary/aromatic N) is 4. The second kappa shape index (κ2) is 7.83. The summed E-state index contributed by atoms with van der Waals surface area (Å²) in [7, 11) is 0. The van der Waals surface area contributed by atoms with E-state index in [9.17, 15) is 0 Å². The minimum absolute atomic E-state index is 0.777. The summed E-state index contributed by atoms with van der Waals surface area (Å²) in [5.74, 6) is 2.87. The van der Waals surface area contributed by atoms with Gasteiger partial charge in [0, 0.05) is 32.2 Å². The highest BCUT2D eigenvalue weighted by molar-refractivity contribution is 5.50. The summed E-state index contributed by atoms with van der Waals surface area (Å²) in [5.41, 5.74) is 1.46. The first kappa shape index (κ1) is 16.3. The average molecular weight is 338 g/mol. The predicted molar refractivity (Wildman–Crippen MR) is 100 cm³/mol. The summed E-state index contributed by atoms with van der Waals surface area (Å²) in [6.07, 6.45) is 5.35. The van der Waals surface area contributed by atoms with Crippen LogP contribution in [0, 0.1) is 5.92 Å². The molecule has 0 saturated carbocycles. The number of rotatable bonds is 4. The average Bonchev–Trinajstić information content (AvgIpc) is 2.70. The van der Waals surface area contributed by atoms with Gasteiger partial charge in [-0.2, -0.15) is 0 Å². The zero-order valence-electron chi connectivity index (χ0n) is 14.7. The first-order valence-electron chi connectivity index (χ1n) is 9.32. The fourth-order valence-electron chi connectivity index (χ4n) is 3.79. The maximum Gasteiger partial charge on any atom is 0.134 e. The number of hydrogen-bond donors (Lipinski definition) is 0. The molecule has 3 heterocycles. The fraction of sp³-hybridized carbons (Fsp3) is 0.500. The van der Waals surface area contributed by atoms with Crippen LogP contribution in [0.4, 0.5) is 11.6 Å². The second-order valence-corrected chi connectivity index (χ2v) is 6.95. The van der Waals surface area contributed by atoms with E-state index in [4.69, 9.17) is 4.74 Å². The molecule has 5 heteroatoms. The third kappa shape index (κ3) is 4.10. The number of hydrogen-bond acceptors (Lipinski definition) is 5. The highest BCUT2D eigenvalue weighted by Crippen LogP contribution is 2.26. The Bertz CT molecular complexity index is 664. The van der Waals surface area contributed by atoms with Crippen molar-refractivity contribution in [1.29, 1.82) is 0 Å². The van der Waals surface area contributed by atoms with E-state index in [2.05, 4.69) is 56.2 Å². The highest BCUT2D eigenvalue weighted by Gasteiger charge is 2.21. The Hall–Kier alpha value is -2.14. The molecule has 132 valence electrons. The van der Waals surface area contributed by atoms with Gasteiger partial charge >= 0.3 is 0 Å². The van der Waals surface area contributed by atoms with Crippen molar-refractivity contribution in [2.45, 2.75) is 19.3 Å². The Morgan fingerprint density at radius 1 is 0.880 bits per heavy atom. The molecule has 25 heavy (non-hydrogen) atoms. The minimum atomic E-state index is 0.777. The Kier molecular flexibility index (Phi) is 5.11. The summed E-state index contributed by atoms with van der Waals surface area (Å²) in [6.45, 7) is 5.55. The SMILES string of the molecule is c1ccc(CC2CCN(c3cc(N4CCOCC4)ncn3)CC2)cc1. The van der Waals surface area contributed by atoms with Gasteiger partial charge < -0.3 is 14.5 Å². The van der Waals surface area contributed by atoms with Gasteiger partial charge in [-0.1, -0.05) is 30.3 Å². The topological polar surface area (TPSA) is 41.5 Å². The van der Waals surface area contributed by atoms with Gasteiger partial charge in [-0.3, -0.25) is 0 Å². The molecule has 4 rings (SSSR count). The van der Waals surface area contributed by atoms with Gasteiger partial charge in [0.15, 0.2) is 0 Å². The van der Waals surface area contributed by atoms with Crippen molar-refractivity contribution in [3.8, 4) is 0 Å². The molecule has 0 spiro atoms. The molecule has 0 atom stereocenters. The third-order valence-electron chi connectivity index (χ3n) is 5.28. The Morgan fingerprint density at radius 3 is 2.20 bits per heavy atom. The second-order valence-electron chi connectivity index (χ2n) is 6.95. The van der Waals surface area contributed by atoms with Gasteiger partial charge in [0.05, 0.1) is 13.2 Å². The van der Waals surface area contributed by atoms with E-state index in [0.717, 1.165) is 56.9 Å². The van der Waals surface area contributed by atoms with Crippen molar-refractivity contribution >= 4 is 11.6 Å². The van der Waals surface area contributed by atoms with Gasteiger partial charge in [-0.25, -0.2) is 9.97 Å². The Labute approximate surface area is 149 Å². The monoisotopic (exact) mass is 338 g/mol. The van der Waals surface area contributed by atoms with Gasteiger partial charge in [0.2, 0.25) is 0 Å². The van der Waals surface area contributed by atoms with E-state index in [1.807, 2.05) is 0 Å². The first-order chi connectivity index (χ1) is 12.4. The quantitative estimate of drug-likeness (QED) is 0.857. The minimum Gasteiger partial charge on any atom is -0.378 e. The molecule has 0 unspecified atom stereocenters. The van der Waals surface area contributed by atoms with Gasteiger partial charge in [0.25, 0.3) is 0 Å². The number of piperidine rings is 1. The molecule has 2 saturated heterocycles. The van der Waals surface area contributed by atoms with Crippen LogP contribution < -0.4 is 9.80 Å². The molecule has 2 aliphatic heterocycles. The van der Waals surface area contributed by atoms with Crippen LogP contribution in [0.3, 0.4) is 0 Å². The number of anilines is 2. The lowest BCUT2D eigenvalue weighted by atomic mass is 9.90. The lowest BCUT2D eigenvalue weighted by molar-refractivity contribution is 0.122. The molecular formula is C20H26N4O. The van der Waals surface area contributed by atoms with Crippen molar-refractivity contribution in [2.75, 3.05) is 49.2 Å². The lowest BCUT2D eigenvalue weighted by Crippen LogP contribution is -2.38. The maximum absolute atomic E-state index is 5.43. The Morgan fingerprint density at radius 2 is 1.52 bits per heavy atom. The first-order valence-corrected chi connectivity index (χ1v) is 9.32. The molecule has 0 amide bonds. The molecule has 0 aliphatic carbocycles. The smallest absolute Gasteiger partial charge is 0.134 e. The zero-order valence-corrected chi connectivity index (χ0v) is 14.7. The molecule has 2 fully saturated rings. The standard InChI is InChI=1S/C20H26N4O/c1-2-4-17(5-3-1)14-18-6-8-23(9-7-18)19-15-20(22-16-21-19)24-10-12-25-13-11-24/h1-5,15-16,18H,6-14H2. The van der Waals surface area contributed by atoms with Crippen LogP contribution in [0.1, 0.15) is 18.4 Å². The van der Waals surface area contributed by atoms with Crippen LogP contribution in [0.25, 0.3) is 0 Å². The van der Waals surface area contributed by atoms with Gasteiger partial charge in [-0.05, 0) is 30.7 Å². The molecule has 2 aromatic rings.